The van der Waals surface area contributed by atoms with Gasteiger partial charge in [-0.05, 0) is 68.5 Å². The van der Waals surface area contributed by atoms with Crippen molar-refractivity contribution in [1.29, 1.82) is 0 Å². The second kappa shape index (κ2) is 6.11. The van der Waals surface area contributed by atoms with Gasteiger partial charge in [-0.1, -0.05) is 35.4 Å². The Morgan fingerprint density at radius 1 is 1.00 bits per heavy atom. The molecular weight excluding hydrogens is 278 g/mol. The monoisotopic (exact) mass is 299 g/mol. The fourth-order valence-electron chi connectivity index (χ4n) is 3.40. The molecule has 0 bridgehead atoms. The molecule has 0 amide bonds. The van der Waals surface area contributed by atoms with E-state index in [0.717, 1.165) is 11.6 Å². The molecule has 3 rings (SSSR count). The van der Waals surface area contributed by atoms with E-state index in [9.17, 15) is 0 Å². The molecule has 110 valence electrons. The number of hydrogen-bond acceptors (Lipinski definition) is 1. The highest BCUT2D eigenvalue weighted by atomic mass is 35.5. The van der Waals surface area contributed by atoms with Crippen molar-refractivity contribution in [3.8, 4) is 0 Å². The van der Waals surface area contributed by atoms with Gasteiger partial charge in [0.1, 0.15) is 0 Å². The summed E-state index contributed by atoms with van der Waals surface area (Å²) in [5, 5.41) is 0.804. The van der Waals surface area contributed by atoms with Gasteiger partial charge < -0.3 is 4.90 Å². The fraction of sp³-hybridized carbons (Fsp3) is 0.368. The van der Waals surface area contributed by atoms with E-state index in [1.165, 1.54) is 41.6 Å². The summed E-state index contributed by atoms with van der Waals surface area (Å²) in [7, 11) is 0. The number of rotatable bonds is 2. The third-order valence-electron chi connectivity index (χ3n) is 4.45. The van der Waals surface area contributed by atoms with Crippen LogP contribution in [0.5, 0.6) is 0 Å². The minimum Gasteiger partial charge on any atom is -0.364 e. The summed E-state index contributed by atoms with van der Waals surface area (Å²) in [5.74, 6) is 0. The average molecular weight is 300 g/mol. The van der Waals surface area contributed by atoms with Gasteiger partial charge in [0.15, 0.2) is 0 Å². The largest absolute Gasteiger partial charge is 0.364 e. The molecule has 1 unspecified atom stereocenters. The molecule has 0 saturated carbocycles. The summed E-state index contributed by atoms with van der Waals surface area (Å²) in [5.41, 5.74) is 5.49. The summed E-state index contributed by atoms with van der Waals surface area (Å²) in [6, 6.07) is 15.6. The van der Waals surface area contributed by atoms with Crippen molar-refractivity contribution in [2.24, 2.45) is 0 Å². The van der Waals surface area contributed by atoms with Gasteiger partial charge in [0.2, 0.25) is 0 Å². The van der Waals surface area contributed by atoms with E-state index >= 15 is 0 Å². The van der Waals surface area contributed by atoms with E-state index < -0.39 is 0 Å². The number of piperidine rings is 1. The average Bonchev–Trinajstić information content (AvgIpc) is 2.48. The molecule has 0 spiro atoms. The van der Waals surface area contributed by atoms with E-state index in [2.05, 4.69) is 49.1 Å². The third kappa shape index (κ3) is 3.08. The lowest BCUT2D eigenvalue weighted by Gasteiger charge is -2.38. The van der Waals surface area contributed by atoms with Gasteiger partial charge in [0.25, 0.3) is 0 Å². The van der Waals surface area contributed by atoms with Crippen LogP contribution in [-0.2, 0) is 0 Å². The number of anilines is 1. The second-order valence-electron chi connectivity index (χ2n) is 6.04. The summed E-state index contributed by atoms with van der Waals surface area (Å²) >= 11 is 6.03. The van der Waals surface area contributed by atoms with Crippen LogP contribution in [-0.4, -0.2) is 6.54 Å². The minimum absolute atomic E-state index is 0.487. The molecule has 1 atom stereocenters. The lowest BCUT2D eigenvalue weighted by atomic mass is 9.91. The van der Waals surface area contributed by atoms with Gasteiger partial charge in [-0.2, -0.15) is 0 Å². The lowest BCUT2D eigenvalue weighted by molar-refractivity contribution is 0.472. The van der Waals surface area contributed by atoms with Crippen LogP contribution in [0.2, 0.25) is 5.02 Å². The Labute approximate surface area is 132 Å². The second-order valence-corrected chi connectivity index (χ2v) is 6.48. The highest BCUT2D eigenvalue weighted by Gasteiger charge is 2.25. The van der Waals surface area contributed by atoms with Crippen LogP contribution < -0.4 is 4.90 Å². The Morgan fingerprint density at radius 2 is 1.76 bits per heavy atom. The van der Waals surface area contributed by atoms with Crippen molar-refractivity contribution in [1.82, 2.24) is 0 Å². The Balaban J connectivity index is 1.96. The first-order chi connectivity index (χ1) is 10.1. The van der Waals surface area contributed by atoms with Crippen LogP contribution in [0.3, 0.4) is 0 Å². The summed E-state index contributed by atoms with van der Waals surface area (Å²) in [6.07, 6.45) is 3.80. The molecule has 1 aliphatic heterocycles. The van der Waals surface area contributed by atoms with E-state index in [1.807, 2.05) is 12.1 Å². The van der Waals surface area contributed by atoms with Crippen LogP contribution in [0, 0.1) is 13.8 Å². The van der Waals surface area contributed by atoms with Gasteiger partial charge in [0.05, 0.1) is 6.04 Å². The summed E-state index contributed by atoms with van der Waals surface area (Å²) < 4.78 is 0. The maximum absolute atomic E-state index is 6.03. The van der Waals surface area contributed by atoms with Crippen molar-refractivity contribution in [3.05, 3.63) is 64.2 Å². The zero-order chi connectivity index (χ0) is 14.8. The zero-order valence-electron chi connectivity index (χ0n) is 12.8. The Morgan fingerprint density at radius 3 is 2.48 bits per heavy atom. The van der Waals surface area contributed by atoms with E-state index in [-0.39, 0.29) is 0 Å². The normalized spacial score (nSPS) is 18.8. The topological polar surface area (TPSA) is 3.24 Å². The van der Waals surface area contributed by atoms with Crippen molar-refractivity contribution in [2.75, 3.05) is 11.4 Å². The number of aryl methyl sites for hydroxylation is 2. The molecule has 1 fully saturated rings. The van der Waals surface area contributed by atoms with Gasteiger partial charge in [-0.3, -0.25) is 0 Å². The first-order valence-corrected chi connectivity index (χ1v) is 8.12. The van der Waals surface area contributed by atoms with Gasteiger partial charge >= 0.3 is 0 Å². The molecule has 1 nitrogen and oxygen atoms in total. The molecule has 21 heavy (non-hydrogen) atoms. The molecule has 0 radical (unpaired) electrons. The first kappa shape index (κ1) is 14.5. The molecule has 1 saturated heterocycles. The number of halogens is 1. The summed E-state index contributed by atoms with van der Waals surface area (Å²) in [6.45, 7) is 5.52. The predicted octanol–water partition coefficient (Wildman–Crippen LogP) is 5.69. The standard InChI is InChI=1S/C19H22ClN/c1-14-6-11-18(15(2)13-14)19-5-3-4-12-21(19)17-9-7-16(20)8-10-17/h6-11,13,19H,3-5,12H2,1-2H3. The predicted molar refractivity (Wildman–Crippen MR) is 91.3 cm³/mol. The molecule has 2 aromatic carbocycles. The number of nitrogens with zero attached hydrogens (tertiary/aromatic N) is 1. The maximum Gasteiger partial charge on any atom is 0.0545 e. The van der Waals surface area contributed by atoms with Crippen molar-refractivity contribution >= 4 is 17.3 Å². The number of hydrogen-bond donors (Lipinski definition) is 0. The fourth-order valence-corrected chi connectivity index (χ4v) is 3.52. The highest BCUT2D eigenvalue weighted by Crippen LogP contribution is 2.36. The highest BCUT2D eigenvalue weighted by molar-refractivity contribution is 6.30. The van der Waals surface area contributed by atoms with Gasteiger partial charge in [0, 0.05) is 17.3 Å². The Bertz CT molecular complexity index is 618. The molecule has 1 heterocycles. The van der Waals surface area contributed by atoms with Crippen LogP contribution >= 0.6 is 11.6 Å². The SMILES string of the molecule is Cc1ccc(C2CCCCN2c2ccc(Cl)cc2)c(C)c1. The Kier molecular flexibility index (Phi) is 4.21. The summed E-state index contributed by atoms with van der Waals surface area (Å²) in [4.78, 5) is 2.54. The third-order valence-corrected chi connectivity index (χ3v) is 4.70. The van der Waals surface area contributed by atoms with Crippen LogP contribution in [0.4, 0.5) is 5.69 Å². The Hall–Kier alpha value is -1.47. The molecule has 1 aliphatic rings. The maximum atomic E-state index is 6.03. The van der Waals surface area contributed by atoms with Gasteiger partial charge in [-0.15, -0.1) is 0 Å². The molecule has 0 aromatic heterocycles. The minimum atomic E-state index is 0.487. The van der Waals surface area contributed by atoms with Crippen molar-refractivity contribution < 1.29 is 0 Å². The number of benzene rings is 2. The molecule has 2 heteroatoms. The van der Waals surface area contributed by atoms with Crippen LogP contribution in [0.1, 0.15) is 42.0 Å². The van der Waals surface area contributed by atoms with Crippen molar-refractivity contribution in [2.45, 2.75) is 39.2 Å². The lowest BCUT2D eigenvalue weighted by Crippen LogP contribution is -2.33. The van der Waals surface area contributed by atoms with Gasteiger partial charge in [-0.25, -0.2) is 0 Å². The molecule has 0 aliphatic carbocycles. The van der Waals surface area contributed by atoms with E-state index in [4.69, 9.17) is 11.6 Å². The quantitative estimate of drug-likeness (QED) is 0.688. The zero-order valence-corrected chi connectivity index (χ0v) is 13.5. The molecular formula is C19H22ClN. The molecule has 2 aromatic rings. The van der Waals surface area contributed by atoms with Crippen LogP contribution in [0.15, 0.2) is 42.5 Å². The van der Waals surface area contributed by atoms with E-state index in [0.29, 0.717) is 6.04 Å². The van der Waals surface area contributed by atoms with Crippen molar-refractivity contribution in [3.63, 3.8) is 0 Å². The smallest absolute Gasteiger partial charge is 0.0545 e. The van der Waals surface area contributed by atoms with E-state index in [1.54, 1.807) is 0 Å². The molecule has 0 N–H and O–H groups in total. The van der Waals surface area contributed by atoms with Crippen LogP contribution in [0.25, 0.3) is 0 Å². The first-order valence-electron chi connectivity index (χ1n) is 7.74.